The van der Waals surface area contributed by atoms with E-state index in [2.05, 4.69) is 34.8 Å². The van der Waals surface area contributed by atoms with Crippen molar-refractivity contribution in [3.8, 4) is 0 Å². The van der Waals surface area contributed by atoms with Crippen LogP contribution in [0.25, 0.3) is 10.2 Å². The summed E-state index contributed by atoms with van der Waals surface area (Å²) in [6, 6.07) is 12.0. The van der Waals surface area contributed by atoms with Crippen LogP contribution in [0.4, 0.5) is 0 Å². The summed E-state index contributed by atoms with van der Waals surface area (Å²) in [5.74, 6) is 0.270. The smallest absolute Gasteiger partial charge is 0.279 e. The minimum Gasteiger partial charge on any atom is -0.319 e. The number of nitrogens with zero attached hydrogens (tertiary/aromatic N) is 3. The third-order valence-corrected chi connectivity index (χ3v) is 8.98. The molecule has 1 saturated heterocycles. The highest BCUT2D eigenvalue weighted by Gasteiger charge is 2.31. The molecule has 3 aromatic rings. The second kappa shape index (κ2) is 8.61. The van der Waals surface area contributed by atoms with E-state index in [1.165, 1.54) is 23.5 Å². The number of aromatic nitrogens is 1. The standard InChI is InChI=1S/C22H24BrN3O3S2/c1-14-10-15(2)13-26(12-14)31(28,29)18-7-4-16(5-8-18)21(27)24-22-25(3)19-9-6-17(23)11-20(19)30-22/h4-9,11,14-15H,10,12-13H2,1-3H3/t14-,15+. The van der Waals surface area contributed by atoms with Crippen molar-refractivity contribution in [1.29, 1.82) is 0 Å². The third kappa shape index (κ3) is 4.55. The Bertz CT molecular complexity index is 1300. The van der Waals surface area contributed by atoms with E-state index >= 15 is 0 Å². The maximum absolute atomic E-state index is 13.0. The van der Waals surface area contributed by atoms with Gasteiger partial charge in [-0.25, -0.2) is 8.42 Å². The third-order valence-electron chi connectivity index (χ3n) is 5.54. The van der Waals surface area contributed by atoms with Crippen LogP contribution in [0.5, 0.6) is 0 Å². The molecule has 1 aromatic heterocycles. The Balaban J connectivity index is 1.60. The number of hydrogen-bond acceptors (Lipinski definition) is 4. The molecule has 2 aromatic carbocycles. The molecule has 0 aliphatic carbocycles. The predicted octanol–water partition coefficient (Wildman–Crippen LogP) is 4.41. The van der Waals surface area contributed by atoms with Crippen LogP contribution in [0, 0.1) is 11.8 Å². The average Bonchev–Trinajstić information content (AvgIpc) is 3.01. The number of sulfonamides is 1. The Morgan fingerprint density at radius 3 is 2.39 bits per heavy atom. The maximum atomic E-state index is 13.0. The summed E-state index contributed by atoms with van der Waals surface area (Å²) in [6.45, 7) is 5.21. The molecule has 0 N–H and O–H groups in total. The summed E-state index contributed by atoms with van der Waals surface area (Å²) in [7, 11) is -1.70. The molecule has 164 valence electrons. The van der Waals surface area contributed by atoms with Crippen molar-refractivity contribution in [1.82, 2.24) is 8.87 Å². The van der Waals surface area contributed by atoms with Crippen LogP contribution in [0.3, 0.4) is 0 Å². The zero-order chi connectivity index (χ0) is 22.3. The van der Waals surface area contributed by atoms with Gasteiger partial charge in [0, 0.05) is 30.2 Å². The minimum atomic E-state index is -3.57. The molecule has 0 spiro atoms. The fraction of sp³-hybridized carbons (Fsp3) is 0.364. The van der Waals surface area contributed by atoms with E-state index < -0.39 is 15.9 Å². The Morgan fingerprint density at radius 1 is 1.10 bits per heavy atom. The van der Waals surface area contributed by atoms with Gasteiger partial charge in [0.05, 0.1) is 15.1 Å². The molecule has 2 atom stereocenters. The quantitative estimate of drug-likeness (QED) is 0.512. The summed E-state index contributed by atoms with van der Waals surface area (Å²) in [4.78, 5) is 17.8. The molecule has 9 heteroatoms. The van der Waals surface area contributed by atoms with Gasteiger partial charge in [0.25, 0.3) is 5.91 Å². The summed E-state index contributed by atoms with van der Waals surface area (Å²) in [6.07, 6.45) is 1.03. The number of carbonyl (C=O) groups is 1. The number of aryl methyl sites for hydroxylation is 1. The van der Waals surface area contributed by atoms with Gasteiger partial charge in [0.1, 0.15) is 0 Å². The van der Waals surface area contributed by atoms with Crippen molar-refractivity contribution in [3.05, 3.63) is 57.3 Å². The van der Waals surface area contributed by atoms with E-state index in [0.717, 1.165) is 21.1 Å². The lowest BCUT2D eigenvalue weighted by molar-refractivity contribution is 0.0998. The number of carbonyl (C=O) groups excluding carboxylic acids is 1. The lowest BCUT2D eigenvalue weighted by atomic mass is 9.94. The first kappa shape index (κ1) is 22.4. The van der Waals surface area contributed by atoms with Crippen molar-refractivity contribution >= 4 is 53.4 Å². The van der Waals surface area contributed by atoms with Gasteiger partial charge in [-0.2, -0.15) is 9.30 Å². The van der Waals surface area contributed by atoms with Crippen molar-refractivity contribution in [2.24, 2.45) is 23.9 Å². The van der Waals surface area contributed by atoms with Crippen LogP contribution in [0.15, 0.2) is 56.8 Å². The maximum Gasteiger partial charge on any atom is 0.279 e. The van der Waals surface area contributed by atoms with Gasteiger partial charge in [-0.3, -0.25) is 4.79 Å². The zero-order valence-electron chi connectivity index (χ0n) is 17.6. The highest BCUT2D eigenvalue weighted by Crippen LogP contribution is 2.27. The number of rotatable bonds is 3. The first-order valence-corrected chi connectivity index (χ1v) is 13.1. The fourth-order valence-electron chi connectivity index (χ4n) is 4.09. The largest absolute Gasteiger partial charge is 0.319 e. The lowest BCUT2D eigenvalue weighted by Crippen LogP contribution is -2.42. The van der Waals surface area contributed by atoms with E-state index in [4.69, 9.17) is 0 Å². The molecule has 0 unspecified atom stereocenters. The lowest BCUT2D eigenvalue weighted by Gasteiger charge is -2.34. The first-order valence-electron chi connectivity index (χ1n) is 10.1. The van der Waals surface area contributed by atoms with Gasteiger partial charge in [-0.1, -0.05) is 41.1 Å². The van der Waals surface area contributed by atoms with Gasteiger partial charge < -0.3 is 4.57 Å². The van der Waals surface area contributed by atoms with Crippen LogP contribution in [-0.4, -0.2) is 36.3 Å². The van der Waals surface area contributed by atoms with E-state index in [9.17, 15) is 13.2 Å². The molecular formula is C22H24BrN3O3S2. The average molecular weight is 522 g/mol. The van der Waals surface area contributed by atoms with Crippen LogP contribution in [0.2, 0.25) is 0 Å². The number of amides is 1. The first-order chi connectivity index (χ1) is 14.6. The molecule has 0 radical (unpaired) electrons. The molecular weight excluding hydrogens is 498 g/mol. The molecule has 4 rings (SSSR count). The van der Waals surface area contributed by atoms with Gasteiger partial charge in [-0.15, -0.1) is 0 Å². The normalized spacial score (nSPS) is 21.0. The topological polar surface area (TPSA) is 71.7 Å². The SMILES string of the molecule is C[C@@H]1C[C@H](C)CN(S(=O)(=O)c2ccc(C(=O)N=c3sc4cc(Br)ccc4n3C)cc2)C1. The second-order valence-corrected chi connectivity index (χ2v) is 12.1. The Hall–Kier alpha value is -1.81. The molecule has 1 amide bonds. The molecule has 2 heterocycles. The summed E-state index contributed by atoms with van der Waals surface area (Å²) < 4.78 is 31.5. The molecule has 6 nitrogen and oxygen atoms in total. The number of benzene rings is 2. The van der Waals surface area contributed by atoms with E-state index in [0.29, 0.717) is 35.3 Å². The Labute approximate surface area is 194 Å². The van der Waals surface area contributed by atoms with E-state index in [-0.39, 0.29) is 4.90 Å². The van der Waals surface area contributed by atoms with Crippen molar-refractivity contribution in [2.45, 2.75) is 25.2 Å². The second-order valence-electron chi connectivity index (χ2n) is 8.27. The molecule has 31 heavy (non-hydrogen) atoms. The Morgan fingerprint density at radius 2 is 1.74 bits per heavy atom. The number of halogens is 1. The van der Waals surface area contributed by atoms with Crippen LogP contribution < -0.4 is 4.80 Å². The van der Waals surface area contributed by atoms with Gasteiger partial charge in [0.15, 0.2) is 4.80 Å². The molecule has 0 bridgehead atoms. The van der Waals surface area contributed by atoms with Gasteiger partial charge in [0.2, 0.25) is 10.0 Å². The molecule has 1 aliphatic rings. The van der Waals surface area contributed by atoms with Gasteiger partial charge in [-0.05, 0) is 60.7 Å². The van der Waals surface area contributed by atoms with E-state index in [1.54, 1.807) is 16.4 Å². The summed E-state index contributed by atoms with van der Waals surface area (Å²) in [5, 5.41) is 0. The number of hydrogen-bond donors (Lipinski definition) is 0. The molecule has 1 aliphatic heterocycles. The van der Waals surface area contributed by atoms with Crippen molar-refractivity contribution in [2.75, 3.05) is 13.1 Å². The van der Waals surface area contributed by atoms with E-state index in [1.807, 2.05) is 29.8 Å². The number of thiazole rings is 1. The molecule has 1 fully saturated rings. The predicted molar refractivity (Wildman–Crippen MR) is 127 cm³/mol. The molecule has 0 saturated carbocycles. The van der Waals surface area contributed by atoms with Crippen LogP contribution in [-0.2, 0) is 17.1 Å². The fourth-order valence-corrected chi connectivity index (χ4v) is 7.33. The number of fused-ring (bicyclic) bond motifs is 1. The highest BCUT2D eigenvalue weighted by molar-refractivity contribution is 9.10. The van der Waals surface area contributed by atoms with Crippen molar-refractivity contribution in [3.63, 3.8) is 0 Å². The highest BCUT2D eigenvalue weighted by atomic mass is 79.9. The van der Waals surface area contributed by atoms with Crippen molar-refractivity contribution < 1.29 is 13.2 Å². The minimum absolute atomic E-state index is 0.211. The summed E-state index contributed by atoms with van der Waals surface area (Å²) >= 11 is 4.89. The monoisotopic (exact) mass is 521 g/mol. The van der Waals surface area contributed by atoms with Gasteiger partial charge >= 0.3 is 0 Å². The zero-order valence-corrected chi connectivity index (χ0v) is 20.8. The Kier molecular flexibility index (Phi) is 6.22. The van der Waals surface area contributed by atoms with Crippen LogP contribution >= 0.6 is 27.3 Å². The van der Waals surface area contributed by atoms with Crippen LogP contribution in [0.1, 0.15) is 30.6 Å². The number of piperidine rings is 1. The summed E-state index contributed by atoms with van der Waals surface area (Å²) in [5.41, 5.74) is 1.35.